The molecule has 0 saturated carbocycles. The van der Waals surface area contributed by atoms with Crippen LogP contribution < -0.4 is 5.14 Å². The van der Waals surface area contributed by atoms with Crippen LogP contribution in [-0.4, -0.2) is 31.3 Å². The van der Waals surface area contributed by atoms with E-state index in [4.69, 9.17) is 21.5 Å². The number of carbonyl (C=O) groups excluding carboxylic acids is 2. The number of rotatable bonds is 6. The molecular formula is C21H19ClN2O5S. The Balaban J connectivity index is 1.78. The Hall–Kier alpha value is -2.94. The maximum atomic E-state index is 12.6. The molecule has 30 heavy (non-hydrogen) atoms. The van der Waals surface area contributed by atoms with Crippen LogP contribution in [0.25, 0.3) is 5.69 Å². The number of ether oxygens (including phenoxy) is 1. The lowest BCUT2D eigenvalue weighted by atomic mass is 10.1. The topological polar surface area (TPSA) is 108 Å². The Morgan fingerprint density at radius 3 is 2.20 bits per heavy atom. The molecule has 0 radical (unpaired) electrons. The summed E-state index contributed by atoms with van der Waals surface area (Å²) in [6.45, 7) is 3.17. The Morgan fingerprint density at radius 2 is 1.63 bits per heavy atom. The summed E-state index contributed by atoms with van der Waals surface area (Å²) in [5, 5.41) is 5.62. The van der Waals surface area contributed by atoms with Crippen molar-refractivity contribution < 1.29 is 22.7 Å². The highest BCUT2D eigenvalue weighted by atomic mass is 35.5. The van der Waals surface area contributed by atoms with E-state index in [1.165, 1.54) is 24.3 Å². The van der Waals surface area contributed by atoms with Crippen LogP contribution in [0.1, 0.15) is 32.1 Å². The average molecular weight is 447 g/mol. The van der Waals surface area contributed by atoms with Crippen LogP contribution in [0.3, 0.4) is 0 Å². The molecule has 0 saturated heterocycles. The summed E-state index contributed by atoms with van der Waals surface area (Å²) < 4.78 is 29.8. The molecule has 1 aromatic heterocycles. The van der Waals surface area contributed by atoms with E-state index in [9.17, 15) is 18.0 Å². The Kier molecular flexibility index (Phi) is 6.12. The van der Waals surface area contributed by atoms with Crippen molar-refractivity contribution in [3.8, 4) is 5.69 Å². The maximum Gasteiger partial charge on any atom is 0.338 e. The zero-order valence-corrected chi connectivity index (χ0v) is 17.8. The normalized spacial score (nSPS) is 11.3. The van der Waals surface area contributed by atoms with Gasteiger partial charge in [-0.1, -0.05) is 11.6 Å². The van der Waals surface area contributed by atoms with Gasteiger partial charge in [-0.25, -0.2) is 18.4 Å². The molecule has 3 rings (SSSR count). The molecule has 0 fully saturated rings. The Bertz CT molecular complexity index is 1210. The number of aromatic nitrogens is 1. The molecule has 0 aliphatic carbocycles. The SMILES string of the molecule is Cc1cc(C(=O)COC(=O)c2ccc(Cl)cc2)c(C)n1-c1ccc(S(N)(=O)=O)cc1. The zero-order chi connectivity index (χ0) is 22.1. The summed E-state index contributed by atoms with van der Waals surface area (Å²) >= 11 is 5.80. The highest BCUT2D eigenvalue weighted by Gasteiger charge is 2.19. The predicted molar refractivity (Wildman–Crippen MR) is 113 cm³/mol. The highest BCUT2D eigenvalue weighted by molar-refractivity contribution is 7.89. The molecule has 2 aromatic carbocycles. The van der Waals surface area contributed by atoms with Gasteiger partial charge in [-0.05, 0) is 68.4 Å². The summed E-state index contributed by atoms with van der Waals surface area (Å²) in [5.41, 5.74) is 2.79. The lowest BCUT2D eigenvalue weighted by molar-refractivity contribution is 0.0474. The van der Waals surface area contributed by atoms with Crippen molar-refractivity contribution in [2.75, 3.05) is 6.61 Å². The monoisotopic (exact) mass is 446 g/mol. The summed E-state index contributed by atoms with van der Waals surface area (Å²) in [6, 6.07) is 13.9. The van der Waals surface area contributed by atoms with Crippen LogP contribution in [-0.2, 0) is 14.8 Å². The van der Waals surface area contributed by atoms with Crippen molar-refractivity contribution in [2.45, 2.75) is 18.7 Å². The number of hydrogen-bond donors (Lipinski definition) is 1. The van der Waals surface area contributed by atoms with Crippen molar-refractivity contribution in [3.63, 3.8) is 0 Å². The molecule has 0 amide bonds. The first-order chi connectivity index (χ1) is 14.1. The molecule has 9 heteroatoms. The Morgan fingerprint density at radius 1 is 1.03 bits per heavy atom. The molecule has 156 valence electrons. The largest absolute Gasteiger partial charge is 0.454 e. The van der Waals surface area contributed by atoms with Gasteiger partial charge in [-0.2, -0.15) is 0 Å². The van der Waals surface area contributed by atoms with Crippen LogP contribution in [0, 0.1) is 13.8 Å². The van der Waals surface area contributed by atoms with Crippen molar-refractivity contribution in [2.24, 2.45) is 5.14 Å². The van der Waals surface area contributed by atoms with E-state index < -0.39 is 22.6 Å². The second kappa shape index (κ2) is 8.43. The quantitative estimate of drug-likeness (QED) is 0.461. The van der Waals surface area contributed by atoms with E-state index in [-0.39, 0.29) is 10.7 Å². The van der Waals surface area contributed by atoms with Crippen LogP contribution in [0.15, 0.2) is 59.5 Å². The lowest BCUT2D eigenvalue weighted by Gasteiger charge is -2.10. The number of primary sulfonamides is 1. The number of ketones is 1. The van der Waals surface area contributed by atoms with Gasteiger partial charge in [-0.3, -0.25) is 4.79 Å². The fourth-order valence-electron chi connectivity index (χ4n) is 3.11. The minimum atomic E-state index is -3.79. The van der Waals surface area contributed by atoms with E-state index in [1.54, 1.807) is 41.8 Å². The zero-order valence-electron chi connectivity index (χ0n) is 16.3. The van der Waals surface area contributed by atoms with E-state index >= 15 is 0 Å². The van der Waals surface area contributed by atoms with Gasteiger partial charge in [0.05, 0.1) is 10.5 Å². The summed E-state index contributed by atoms with van der Waals surface area (Å²) in [7, 11) is -3.79. The molecule has 0 bridgehead atoms. The van der Waals surface area contributed by atoms with Gasteiger partial charge in [0.1, 0.15) is 0 Å². The number of benzene rings is 2. The molecule has 3 aromatic rings. The molecule has 2 N–H and O–H groups in total. The molecule has 1 heterocycles. The van der Waals surface area contributed by atoms with Gasteiger partial charge in [0.2, 0.25) is 15.8 Å². The van der Waals surface area contributed by atoms with Crippen molar-refractivity contribution in [3.05, 3.63) is 82.1 Å². The maximum absolute atomic E-state index is 12.6. The third-order valence-corrected chi connectivity index (χ3v) is 5.75. The molecule has 0 spiro atoms. The Labute approximate surface area is 179 Å². The van der Waals surface area contributed by atoms with Gasteiger partial charge in [0.25, 0.3) is 0 Å². The van der Waals surface area contributed by atoms with Gasteiger partial charge in [-0.15, -0.1) is 0 Å². The number of Topliss-reactive ketones (excluding diaryl/α,β-unsaturated/α-hetero) is 1. The first kappa shape index (κ1) is 21.8. The number of nitrogens with zero attached hydrogens (tertiary/aromatic N) is 1. The van der Waals surface area contributed by atoms with Crippen molar-refractivity contribution in [1.29, 1.82) is 0 Å². The number of esters is 1. The first-order valence-electron chi connectivity index (χ1n) is 8.86. The van der Waals surface area contributed by atoms with Crippen LogP contribution in [0.2, 0.25) is 5.02 Å². The van der Waals surface area contributed by atoms with Crippen LogP contribution in [0.4, 0.5) is 0 Å². The second-order valence-corrected chi connectivity index (χ2v) is 8.66. The smallest absolute Gasteiger partial charge is 0.338 e. The second-order valence-electron chi connectivity index (χ2n) is 6.67. The van der Waals surface area contributed by atoms with Gasteiger partial charge < -0.3 is 9.30 Å². The number of aryl methyl sites for hydroxylation is 1. The third kappa shape index (κ3) is 4.62. The molecule has 0 atom stereocenters. The fraction of sp³-hybridized carbons (Fsp3) is 0.143. The first-order valence-corrected chi connectivity index (χ1v) is 10.8. The molecule has 0 aliphatic rings. The van der Waals surface area contributed by atoms with Crippen molar-refractivity contribution >= 4 is 33.4 Å². The summed E-state index contributed by atoms with van der Waals surface area (Å²) in [6.07, 6.45) is 0. The molecule has 7 nitrogen and oxygen atoms in total. The summed E-state index contributed by atoms with van der Waals surface area (Å²) in [5.74, 6) is -0.967. The number of halogens is 1. The van der Waals surface area contributed by atoms with Gasteiger partial charge in [0, 0.05) is 27.7 Å². The molecule has 0 unspecified atom stereocenters. The van der Waals surface area contributed by atoms with Crippen LogP contribution >= 0.6 is 11.6 Å². The number of hydrogen-bond acceptors (Lipinski definition) is 5. The third-order valence-electron chi connectivity index (χ3n) is 4.57. The highest BCUT2D eigenvalue weighted by Crippen LogP contribution is 2.22. The van der Waals surface area contributed by atoms with E-state index in [2.05, 4.69) is 0 Å². The van der Waals surface area contributed by atoms with E-state index in [0.29, 0.717) is 27.5 Å². The van der Waals surface area contributed by atoms with Gasteiger partial charge >= 0.3 is 5.97 Å². The minimum absolute atomic E-state index is 0.000811. The number of carbonyl (C=O) groups is 2. The number of sulfonamides is 1. The number of nitrogens with two attached hydrogens (primary N) is 1. The van der Waals surface area contributed by atoms with Gasteiger partial charge in [0.15, 0.2) is 6.61 Å². The van der Waals surface area contributed by atoms with E-state index in [1.807, 2.05) is 6.92 Å². The van der Waals surface area contributed by atoms with Crippen LogP contribution in [0.5, 0.6) is 0 Å². The molecule has 0 aliphatic heterocycles. The van der Waals surface area contributed by atoms with E-state index in [0.717, 1.165) is 5.69 Å². The fourth-order valence-corrected chi connectivity index (χ4v) is 3.75. The predicted octanol–water partition coefficient (Wildman–Crippen LogP) is 3.43. The average Bonchev–Trinajstić information content (AvgIpc) is 3.00. The molecular weight excluding hydrogens is 428 g/mol. The lowest BCUT2D eigenvalue weighted by Crippen LogP contribution is -2.15. The minimum Gasteiger partial charge on any atom is -0.454 e. The van der Waals surface area contributed by atoms with Crippen molar-refractivity contribution in [1.82, 2.24) is 4.57 Å². The standard InChI is InChI=1S/C21H19ClN2O5S/c1-13-11-19(20(25)12-29-21(26)15-3-5-16(22)6-4-15)14(2)24(13)17-7-9-18(10-8-17)30(23,27)28/h3-11H,12H2,1-2H3,(H2,23,27,28). The summed E-state index contributed by atoms with van der Waals surface area (Å²) in [4.78, 5) is 24.7.